The van der Waals surface area contributed by atoms with Gasteiger partial charge in [-0.1, -0.05) is 19.1 Å². The Kier molecular flexibility index (Phi) is 3.19. The van der Waals surface area contributed by atoms with Gasteiger partial charge >= 0.3 is 0 Å². The molecule has 0 bridgehead atoms. The van der Waals surface area contributed by atoms with Gasteiger partial charge in [-0.25, -0.2) is 0 Å². The molecule has 1 saturated heterocycles. The van der Waals surface area contributed by atoms with Crippen LogP contribution in [0, 0.1) is 0 Å². The zero-order valence-corrected chi connectivity index (χ0v) is 11.6. The molecule has 4 heteroatoms. The van der Waals surface area contributed by atoms with Crippen molar-refractivity contribution in [3.63, 3.8) is 0 Å². The second-order valence-corrected chi connectivity index (χ2v) is 5.23. The minimum Gasteiger partial charge on any atom is -0.368 e. The SMILES string of the molecule is CCc1cccc2c1N1C(=O)CNCC1CN2CC. The van der Waals surface area contributed by atoms with Crippen molar-refractivity contribution in [1.29, 1.82) is 0 Å². The summed E-state index contributed by atoms with van der Waals surface area (Å²) >= 11 is 0. The number of benzene rings is 1. The summed E-state index contributed by atoms with van der Waals surface area (Å²) in [5.74, 6) is 0.203. The largest absolute Gasteiger partial charge is 0.368 e. The smallest absolute Gasteiger partial charge is 0.241 e. The van der Waals surface area contributed by atoms with Crippen LogP contribution in [0.15, 0.2) is 18.2 Å². The lowest BCUT2D eigenvalue weighted by molar-refractivity contribution is -0.119. The van der Waals surface area contributed by atoms with Crippen LogP contribution in [0.2, 0.25) is 0 Å². The van der Waals surface area contributed by atoms with E-state index < -0.39 is 0 Å². The van der Waals surface area contributed by atoms with Gasteiger partial charge in [0, 0.05) is 19.6 Å². The van der Waals surface area contributed by atoms with E-state index in [0.29, 0.717) is 6.54 Å². The topological polar surface area (TPSA) is 35.6 Å². The van der Waals surface area contributed by atoms with E-state index in [-0.39, 0.29) is 11.9 Å². The number of piperazine rings is 1. The minimum atomic E-state index is 0.203. The highest BCUT2D eigenvalue weighted by Crippen LogP contribution is 2.39. The van der Waals surface area contributed by atoms with Crippen LogP contribution in [0.1, 0.15) is 19.4 Å². The minimum absolute atomic E-state index is 0.203. The first-order chi connectivity index (χ1) is 9.26. The molecular formula is C15H21N3O. The summed E-state index contributed by atoms with van der Waals surface area (Å²) in [5.41, 5.74) is 3.64. The number of nitrogens with zero attached hydrogens (tertiary/aromatic N) is 2. The van der Waals surface area contributed by atoms with E-state index in [2.05, 4.69) is 42.3 Å². The predicted molar refractivity (Wildman–Crippen MR) is 77.9 cm³/mol. The van der Waals surface area contributed by atoms with Crippen LogP contribution in [0.25, 0.3) is 0 Å². The summed E-state index contributed by atoms with van der Waals surface area (Å²) in [7, 11) is 0. The molecule has 2 aliphatic rings. The third-order valence-electron chi connectivity index (χ3n) is 4.16. The van der Waals surface area contributed by atoms with Gasteiger partial charge in [0.05, 0.1) is 24.0 Å². The van der Waals surface area contributed by atoms with Gasteiger partial charge in [-0.05, 0) is 25.0 Å². The maximum atomic E-state index is 12.3. The van der Waals surface area contributed by atoms with Crippen molar-refractivity contribution in [3.8, 4) is 0 Å². The van der Waals surface area contributed by atoms with Crippen LogP contribution in [0.3, 0.4) is 0 Å². The van der Waals surface area contributed by atoms with Crippen molar-refractivity contribution < 1.29 is 4.79 Å². The Bertz CT molecular complexity index is 500. The molecule has 0 radical (unpaired) electrons. The van der Waals surface area contributed by atoms with Gasteiger partial charge in [-0.3, -0.25) is 4.79 Å². The van der Waals surface area contributed by atoms with Crippen LogP contribution in [0.4, 0.5) is 11.4 Å². The Balaban J connectivity index is 2.15. The van der Waals surface area contributed by atoms with Gasteiger partial charge in [-0.15, -0.1) is 0 Å². The van der Waals surface area contributed by atoms with E-state index in [1.54, 1.807) is 0 Å². The molecule has 2 heterocycles. The van der Waals surface area contributed by atoms with Crippen LogP contribution >= 0.6 is 0 Å². The summed E-state index contributed by atoms with van der Waals surface area (Å²) in [6.07, 6.45) is 0.963. The molecule has 102 valence electrons. The number of carbonyl (C=O) groups is 1. The molecule has 1 unspecified atom stereocenters. The number of hydrogen-bond donors (Lipinski definition) is 1. The number of anilines is 2. The summed E-state index contributed by atoms with van der Waals surface area (Å²) in [6, 6.07) is 6.66. The van der Waals surface area contributed by atoms with Gasteiger partial charge in [-0.2, -0.15) is 0 Å². The summed E-state index contributed by atoms with van der Waals surface area (Å²) in [6.45, 7) is 7.59. The molecule has 1 amide bonds. The van der Waals surface area contributed by atoms with Crippen molar-refractivity contribution in [1.82, 2.24) is 5.32 Å². The lowest BCUT2D eigenvalue weighted by Crippen LogP contribution is -2.61. The van der Waals surface area contributed by atoms with E-state index in [1.165, 1.54) is 11.3 Å². The highest BCUT2D eigenvalue weighted by Gasteiger charge is 2.37. The monoisotopic (exact) mass is 259 g/mol. The normalized spacial score (nSPS) is 22.2. The van der Waals surface area contributed by atoms with Crippen LogP contribution in [-0.4, -0.2) is 38.1 Å². The second kappa shape index (κ2) is 4.85. The number of aryl methyl sites for hydroxylation is 1. The Hall–Kier alpha value is -1.55. The molecule has 1 atom stereocenters. The number of likely N-dealkylation sites (N-methyl/N-ethyl adjacent to an activating group) is 1. The fourth-order valence-corrected chi connectivity index (χ4v) is 3.23. The number of carbonyl (C=O) groups excluding carboxylic acids is 1. The zero-order chi connectivity index (χ0) is 13.4. The van der Waals surface area contributed by atoms with Crippen molar-refractivity contribution in [3.05, 3.63) is 23.8 Å². The average Bonchev–Trinajstić information content (AvgIpc) is 2.45. The van der Waals surface area contributed by atoms with Crippen LogP contribution in [0.5, 0.6) is 0 Å². The molecule has 1 aromatic carbocycles. The van der Waals surface area contributed by atoms with Gasteiger partial charge in [0.2, 0.25) is 5.91 Å². The number of hydrogen-bond acceptors (Lipinski definition) is 3. The molecule has 2 aliphatic heterocycles. The maximum Gasteiger partial charge on any atom is 0.241 e. The third-order valence-corrected chi connectivity index (χ3v) is 4.16. The molecule has 0 saturated carbocycles. The van der Waals surface area contributed by atoms with Gasteiger partial charge in [0.1, 0.15) is 0 Å². The standard InChI is InChI=1S/C15H21N3O/c1-3-11-6-5-7-13-15(11)18-12(10-17(13)4-2)8-16-9-14(18)19/h5-7,12,16H,3-4,8-10H2,1-2H3. The molecule has 0 aliphatic carbocycles. The number of fused-ring (bicyclic) bond motifs is 3. The Morgan fingerprint density at radius 1 is 1.37 bits per heavy atom. The maximum absolute atomic E-state index is 12.3. The number of nitrogens with one attached hydrogen (secondary N) is 1. The highest BCUT2D eigenvalue weighted by molar-refractivity contribution is 6.01. The zero-order valence-electron chi connectivity index (χ0n) is 11.6. The van der Waals surface area contributed by atoms with E-state index >= 15 is 0 Å². The first-order valence-electron chi connectivity index (χ1n) is 7.15. The van der Waals surface area contributed by atoms with Gasteiger partial charge in [0.15, 0.2) is 0 Å². The van der Waals surface area contributed by atoms with Gasteiger partial charge < -0.3 is 15.1 Å². The van der Waals surface area contributed by atoms with Crippen molar-refractivity contribution >= 4 is 17.3 Å². The van der Waals surface area contributed by atoms with Crippen molar-refractivity contribution in [2.75, 3.05) is 36.0 Å². The molecule has 0 spiro atoms. The first-order valence-corrected chi connectivity index (χ1v) is 7.15. The number of rotatable bonds is 2. The molecular weight excluding hydrogens is 238 g/mol. The van der Waals surface area contributed by atoms with E-state index in [0.717, 1.165) is 31.7 Å². The van der Waals surface area contributed by atoms with E-state index in [9.17, 15) is 4.79 Å². The van der Waals surface area contributed by atoms with Crippen molar-refractivity contribution in [2.24, 2.45) is 0 Å². The molecule has 1 fully saturated rings. The highest BCUT2D eigenvalue weighted by atomic mass is 16.2. The Labute approximate surface area is 114 Å². The molecule has 19 heavy (non-hydrogen) atoms. The van der Waals surface area contributed by atoms with E-state index in [4.69, 9.17) is 0 Å². The molecule has 1 N–H and O–H groups in total. The predicted octanol–water partition coefficient (Wildman–Crippen LogP) is 1.39. The Morgan fingerprint density at radius 3 is 2.95 bits per heavy atom. The lowest BCUT2D eigenvalue weighted by atomic mass is 9.99. The van der Waals surface area contributed by atoms with Crippen LogP contribution < -0.4 is 15.1 Å². The quantitative estimate of drug-likeness (QED) is 0.872. The fourth-order valence-electron chi connectivity index (χ4n) is 3.23. The molecule has 1 aromatic rings. The fraction of sp³-hybridized carbons (Fsp3) is 0.533. The number of para-hydroxylation sites is 1. The van der Waals surface area contributed by atoms with Gasteiger partial charge in [0.25, 0.3) is 0 Å². The van der Waals surface area contributed by atoms with E-state index in [1.807, 2.05) is 4.90 Å². The van der Waals surface area contributed by atoms with Crippen LogP contribution in [-0.2, 0) is 11.2 Å². The summed E-state index contributed by atoms with van der Waals surface area (Å²) in [4.78, 5) is 16.7. The molecule has 3 rings (SSSR count). The van der Waals surface area contributed by atoms with Crippen molar-refractivity contribution in [2.45, 2.75) is 26.3 Å². The number of amides is 1. The summed E-state index contributed by atoms with van der Waals surface area (Å²) < 4.78 is 0. The molecule has 4 nitrogen and oxygen atoms in total. The second-order valence-electron chi connectivity index (χ2n) is 5.23. The average molecular weight is 259 g/mol. The first kappa shape index (κ1) is 12.5. The molecule has 0 aromatic heterocycles. The lowest BCUT2D eigenvalue weighted by Gasteiger charge is -2.46. The third kappa shape index (κ3) is 1.91. The Morgan fingerprint density at radius 2 is 2.21 bits per heavy atom. The summed E-state index contributed by atoms with van der Waals surface area (Å²) in [5, 5.41) is 3.23.